The topological polar surface area (TPSA) is 111 Å². The quantitative estimate of drug-likeness (QED) is 0.368. The highest BCUT2D eigenvalue weighted by Crippen LogP contribution is 2.34. The molecule has 9 nitrogen and oxygen atoms in total. The first-order valence-corrected chi connectivity index (χ1v) is 12.2. The van der Waals surface area contributed by atoms with Crippen molar-refractivity contribution in [1.82, 2.24) is 4.90 Å². The summed E-state index contributed by atoms with van der Waals surface area (Å²) >= 11 is 0.736. The molecule has 1 aliphatic heterocycles. The molecule has 2 aromatic carbocycles. The van der Waals surface area contributed by atoms with Gasteiger partial charge in [0.15, 0.2) is 18.1 Å². The van der Waals surface area contributed by atoms with Crippen LogP contribution in [-0.4, -0.2) is 54.8 Å². The van der Waals surface area contributed by atoms with Crippen molar-refractivity contribution in [3.05, 3.63) is 58.5 Å². The summed E-state index contributed by atoms with van der Waals surface area (Å²) in [6.45, 7) is 5.60. The third-order valence-electron chi connectivity index (χ3n) is 5.17. The molecule has 1 saturated heterocycles. The Balaban J connectivity index is 1.71. The van der Waals surface area contributed by atoms with Crippen LogP contribution in [0.15, 0.2) is 47.4 Å². The summed E-state index contributed by atoms with van der Waals surface area (Å²) in [7, 11) is 1.18. The zero-order valence-electron chi connectivity index (χ0n) is 20.5. The highest BCUT2D eigenvalue weighted by atomic mass is 32.2. The molecular formula is C26H28N2O7S. The van der Waals surface area contributed by atoms with E-state index in [0.717, 1.165) is 27.9 Å². The minimum atomic E-state index is -0.685. The van der Waals surface area contributed by atoms with E-state index in [-0.39, 0.29) is 23.3 Å². The van der Waals surface area contributed by atoms with E-state index in [9.17, 15) is 19.2 Å². The lowest BCUT2D eigenvalue weighted by atomic mass is 10.0. The molecule has 3 amide bonds. The van der Waals surface area contributed by atoms with E-state index in [4.69, 9.17) is 9.47 Å². The molecule has 0 bridgehead atoms. The number of ether oxygens (including phenoxy) is 3. The van der Waals surface area contributed by atoms with Crippen LogP contribution < -0.4 is 14.8 Å². The number of methoxy groups -OCH3 is 1. The number of para-hydroxylation sites is 1. The molecule has 1 heterocycles. The zero-order valence-corrected chi connectivity index (χ0v) is 21.3. The number of hydrogen-bond acceptors (Lipinski definition) is 8. The monoisotopic (exact) mass is 512 g/mol. The van der Waals surface area contributed by atoms with Crippen molar-refractivity contribution in [2.45, 2.75) is 26.7 Å². The van der Waals surface area contributed by atoms with E-state index in [1.54, 1.807) is 18.2 Å². The number of nitrogens with one attached hydrogen (secondary N) is 1. The van der Waals surface area contributed by atoms with Crippen molar-refractivity contribution in [1.29, 1.82) is 0 Å². The molecule has 190 valence electrons. The van der Waals surface area contributed by atoms with Crippen LogP contribution in [0, 0.1) is 0 Å². The number of rotatable bonds is 10. The van der Waals surface area contributed by atoms with Crippen LogP contribution in [0.3, 0.4) is 0 Å². The third kappa shape index (κ3) is 6.66. The molecule has 1 fully saturated rings. The van der Waals surface area contributed by atoms with E-state index in [1.807, 2.05) is 31.2 Å². The maximum Gasteiger partial charge on any atom is 0.325 e. The van der Waals surface area contributed by atoms with Gasteiger partial charge in [0.05, 0.1) is 18.6 Å². The maximum atomic E-state index is 12.6. The average Bonchev–Trinajstić information content (AvgIpc) is 3.11. The lowest BCUT2D eigenvalue weighted by Gasteiger charge is -2.15. The van der Waals surface area contributed by atoms with Gasteiger partial charge in [-0.1, -0.05) is 38.1 Å². The molecule has 0 aliphatic carbocycles. The standard InChI is InChI=1S/C26H28N2O7S/c1-5-34-21-12-17(13-22-25(31)28(26(32)36-22)14-24(30)33-4)10-11-20(21)35-15-23(29)27-19-9-7-6-8-18(19)16(2)3/h6-13,16H,5,14-15H2,1-4H3,(H,27,29)/b22-13-. The van der Waals surface area contributed by atoms with Gasteiger partial charge in [0.2, 0.25) is 0 Å². The van der Waals surface area contributed by atoms with Gasteiger partial charge in [-0.25, -0.2) is 0 Å². The molecule has 0 saturated carbocycles. The van der Waals surface area contributed by atoms with Crippen LogP contribution in [0.25, 0.3) is 6.08 Å². The van der Waals surface area contributed by atoms with Crippen LogP contribution in [0.1, 0.15) is 37.8 Å². The van der Waals surface area contributed by atoms with Crippen molar-refractivity contribution in [2.75, 3.05) is 32.2 Å². The van der Waals surface area contributed by atoms with E-state index < -0.39 is 23.7 Å². The Hall–Kier alpha value is -3.79. The molecule has 0 atom stereocenters. The predicted molar refractivity (Wildman–Crippen MR) is 137 cm³/mol. The molecule has 10 heteroatoms. The Morgan fingerprint density at radius 2 is 1.83 bits per heavy atom. The number of amides is 3. The van der Waals surface area contributed by atoms with Crippen molar-refractivity contribution in [3.63, 3.8) is 0 Å². The first-order chi connectivity index (χ1) is 17.2. The zero-order chi connectivity index (χ0) is 26.2. The second-order valence-electron chi connectivity index (χ2n) is 8.06. The molecule has 0 aromatic heterocycles. The Kier molecular flexibility index (Phi) is 9.13. The van der Waals surface area contributed by atoms with Gasteiger partial charge in [-0.15, -0.1) is 0 Å². The Bertz CT molecular complexity index is 1190. The number of carbonyl (C=O) groups excluding carboxylic acids is 4. The number of esters is 1. The van der Waals surface area contributed by atoms with Crippen molar-refractivity contribution in [2.24, 2.45) is 0 Å². The number of benzene rings is 2. The second-order valence-corrected chi connectivity index (χ2v) is 9.06. The summed E-state index contributed by atoms with van der Waals surface area (Å²) in [4.78, 5) is 49.7. The molecular weight excluding hydrogens is 484 g/mol. The van der Waals surface area contributed by atoms with Gasteiger partial charge < -0.3 is 19.5 Å². The summed E-state index contributed by atoms with van der Waals surface area (Å²) < 4.78 is 15.9. The Labute approximate surface area is 213 Å². The fourth-order valence-electron chi connectivity index (χ4n) is 3.43. The molecule has 0 unspecified atom stereocenters. The Morgan fingerprint density at radius 3 is 2.53 bits per heavy atom. The van der Waals surface area contributed by atoms with Gasteiger partial charge in [0.1, 0.15) is 6.54 Å². The van der Waals surface area contributed by atoms with Gasteiger partial charge in [-0.05, 0) is 60.0 Å². The summed E-state index contributed by atoms with van der Waals surface area (Å²) in [5, 5.41) is 2.33. The second kappa shape index (κ2) is 12.3. The van der Waals surface area contributed by atoms with Gasteiger partial charge in [0, 0.05) is 5.69 Å². The molecule has 0 spiro atoms. The van der Waals surface area contributed by atoms with Crippen LogP contribution in [0.4, 0.5) is 10.5 Å². The fourth-order valence-corrected chi connectivity index (χ4v) is 4.27. The van der Waals surface area contributed by atoms with Crippen LogP contribution >= 0.6 is 11.8 Å². The number of anilines is 1. The summed E-state index contributed by atoms with van der Waals surface area (Å²) in [5.41, 5.74) is 2.36. The molecule has 0 radical (unpaired) electrons. The van der Waals surface area contributed by atoms with Crippen molar-refractivity contribution in [3.8, 4) is 11.5 Å². The van der Waals surface area contributed by atoms with E-state index in [0.29, 0.717) is 23.7 Å². The minimum Gasteiger partial charge on any atom is -0.490 e. The van der Waals surface area contributed by atoms with Gasteiger partial charge in [-0.2, -0.15) is 0 Å². The van der Waals surface area contributed by atoms with Crippen molar-refractivity contribution >= 4 is 46.5 Å². The van der Waals surface area contributed by atoms with Gasteiger partial charge in [0.25, 0.3) is 17.1 Å². The van der Waals surface area contributed by atoms with Crippen LogP contribution in [0.2, 0.25) is 0 Å². The van der Waals surface area contributed by atoms with Crippen molar-refractivity contribution < 1.29 is 33.4 Å². The van der Waals surface area contributed by atoms with Crippen LogP contribution in [0.5, 0.6) is 11.5 Å². The first-order valence-electron chi connectivity index (χ1n) is 11.3. The van der Waals surface area contributed by atoms with E-state index >= 15 is 0 Å². The summed E-state index contributed by atoms with van der Waals surface area (Å²) in [5.74, 6) is -0.576. The maximum absolute atomic E-state index is 12.6. The number of imide groups is 1. The predicted octanol–water partition coefficient (Wildman–Crippen LogP) is 4.44. The fraction of sp³-hybridized carbons (Fsp3) is 0.308. The Morgan fingerprint density at radius 1 is 1.08 bits per heavy atom. The smallest absolute Gasteiger partial charge is 0.325 e. The lowest BCUT2D eigenvalue weighted by Crippen LogP contribution is -2.34. The van der Waals surface area contributed by atoms with Gasteiger partial charge >= 0.3 is 5.97 Å². The highest BCUT2D eigenvalue weighted by Gasteiger charge is 2.36. The molecule has 1 N–H and O–H groups in total. The SMILES string of the molecule is CCOc1cc(/C=C2\SC(=O)N(CC(=O)OC)C2=O)ccc1OCC(=O)Nc1ccccc1C(C)C. The third-order valence-corrected chi connectivity index (χ3v) is 6.08. The molecule has 36 heavy (non-hydrogen) atoms. The largest absolute Gasteiger partial charge is 0.490 e. The van der Waals surface area contributed by atoms with E-state index in [2.05, 4.69) is 23.9 Å². The van der Waals surface area contributed by atoms with E-state index in [1.165, 1.54) is 13.2 Å². The molecule has 3 rings (SSSR count). The summed E-state index contributed by atoms with van der Waals surface area (Å²) in [6, 6.07) is 12.6. The van der Waals surface area contributed by atoms with Gasteiger partial charge in [-0.3, -0.25) is 24.1 Å². The number of carbonyl (C=O) groups is 4. The first kappa shape index (κ1) is 26.8. The summed E-state index contributed by atoms with van der Waals surface area (Å²) in [6.07, 6.45) is 1.53. The number of hydrogen-bond donors (Lipinski definition) is 1. The highest BCUT2D eigenvalue weighted by molar-refractivity contribution is 8.18. The minimum absolute atomic E-state index is 0.170. The number of thioether (sulfide) groups is 1. The average molecular weight is 513 g/mol. The van der Waals surface area contributed by atoms with Crippen LogP contribution in [-0.2, 0) is 19.1 Å². The number of nitrogens with zero attached hydrogens (tertiary/aromatic N) is 1. The normalized spacial score (nSPS) is 14.4. The molecule has 2 aromatic rings. The molecule has 1 aliphatic rings. The lowest BCUT2D eigenvalue weighted by molar-refractivity contribution is -0.143.